The standard InChI is InChI=1S/C19H29N3O4S/c1-15(21-10-4-3-5-11-21)14-20-27(24,25)18-13-16(8-9-17(18)26-2)22-12-6-7-19(22)23/h8-9,13,15,20H,3-7,10-12,14H2,1-2H3. The topological polar surface area (TPSA) is 78.9 Å². The fraction of sp³-hybridized carbons (Fsp3) is 0.632. The highest BCUT2D eigenvalue weighted by Crippen LogP contribution is 2.30. The van der Waals surface area contributed by atoms with E-state index in [0.717, 1.165) is 32.4 Å². The lowest BCUT2D eigenvalue weighted by atomic mass is 10.1. The van der Waals surface area contributed by atoms with Crippen molar-refractivity contribution >= 4 is 21.6 Å². The van der Waals surface area contributed by atoms with Crippen LogP contribution in [-0.4, -0.2) is 58.6 Å². The van der Waals surface area contributed by atoms with E-state index in [1.54, 1.807) is 17.0 Å². The van der Waals surface area contributed by atoms with Gasteiger partial charge >= 0.3 is 0 Å². The summed E-state index contributed by atoms with van der Waals surface area (Å²) in [6, 6.07) is 5.02. The van der Waals surface area contributed by atoms with Gasteiger partial charge in [-0.25, -0.2) is 13.1 Å². The van der Waals surface area contributed by atoms with E-state index < -0.39 is 10.0 Å². The Morgan fingerprint density at radius 3 is 2.52 bits per heavy atom. The minimum atomic E-state index is -3.75. The largest absolute Gasteiger partial charge is 0.495 e. The molecule has 2 saturated heterocycles. The molecule has 1 aromatic carbocycles. The normalized spacial score (nSPS) is 20.1. The Balaban J connectivity index is 1.76. The highest BCUT2D eigenvalue weighted by molar-refractivity contribution is 7.89. The molecule has 1 unspecified atom stereocenters. The van der Waals surface area contributed by atoms with Crippen molar-refractivity contribution in [3.05, 3.63) is 18.2 Å². The molecule has 0 spiro atoms. The summed E-state index contributed by atoms with van der Waals surface area (Å²) in [5, 5.41) is 0. The van der Waals surface area contributed by atoms with Crippen molar-refractivity contribution in [2.45, 2.75) is 50.0 Å². The average molecular weight is 396 g/mol. The number of anilines is 1. The van der Waals surface area contributed by atoms with Crippen LogP contribution in [0.1, 0.15) is 39.0 Å². The molecule has 150 valence electrons. The number of amides is 1. The monoisotopic (exact) mass is 395 g/mol. The maximum atomic E-state index is 12.9. The number of likely N-dealkylation sites (tertiary alicyclic amines) is 1. The molecule has 1 N–H and O–H groups in total. The molecule has 1 atom stereocenters. The summed E-state index contributed by atoms with van der Waals surface area (Å²) in [5.41, 5.74) is 0.600. The second-order valence-corrected chi connectivity index (χ2v) is 9.02. The van der Waals surface area contributed by atoms with Crippen molar-refractivity contribution in [1.29, 1.82) is 0 Å². The number of carbonyl (C=O) groups excluding carboxylic acids is 1. The highest BCUT2D eigenvalue weighted by atomic mass is 32.2. The van der Waals surface area contributed by atoms with Crippen LogP contribution in [0.25, 0.3) is 0 Å². The molecule has 27 heavy (non-hydrogen) atoms. The molecule has 1 aromatic rings. The Bertz CT molecular complexity index is 775. The molecule has 7 nitrogen and oxygen atoms in total. The Kier molecular flexibility index (Phi) is 6.39. The van der Waals surface area contributed by atoms with E-state index in [2.05, 4.69) is 9.62 Å². The van der Waals surface area contributed by atoms with E-state index in [0.29, 0.717) is 25.2 Å². The van der Waals surface area contributed by atoms with Crippen LogP contribution < -0.4 is 14.4 Å². The van der Waals surface area contributed by atoms with E-state index >= 15 is 0 Å². The predicted octanol–water partition coefficient (Wildman–Crippen LogP) is 1.97. The molecule has 2 aliphatic rings. The van der Waals surface area contributed by atoms with Gasteiger partial charge in [-0.3, -0.25) is 9.69 Å². The number of hydrogen-bond acceptors (Lipinski definition) is 5. The van der Waals surface area contributed by atoms with Crippen LogP contribution in [0.4, 0.5) is 5.69 Å². The van der Waals surface area contributed by atoms with Crippen molar-refractivity contribution in [2.75, 3.05) is 38.2 Å². The summed E-state index contributed by atoms with van der Waals surface area (Å²) in [5.74, 6) is 0.304. The number of nitrogens with zero attached hydrogens (tertiary/aromatic N) is 2. The van der Waals surface area contributed by atoms with E-state index in [1.807, 2.05) is 6.92 Å². The molecule has 2 heterocycles. The van der Waals surface area contributed by atoms with Crippen LogP contribution >= 0.6 is 0 Å². The van der Waals surface area contributed by atoms with Gasteiger partial charge < -0.3 is 9.64 Å². The molecule has 8 heteroatoms. The predicted molar refractivity (Wildman–Crippen MR) is 105 cm³/mol. The van der Waals surface area contributed by atoms with Gasteiger partial charge in [0.05, 0.1) is 7.11 Å². The number of sulfonamides is 1. The Labute approximate surface area is 161 Å². The average Bonchev–Trinajstić information content (AvgIpc) is 3.12. The van der Waals surface area contributed by atoms with Gasteiger partial charge in [-0.15, -0.1) is 0 Å². The zero-order valence-electron chi connectivity index (χ0n) is 16.1. The minimum Gasteiger partial charge on any atom is -0.495 e. The zero-order chi connectivity index (χ0) is 19.4. The SMILES string of the molecule is COc1ccc(N2CCCC2=O)cc1S(=O)(=O)NCC(C)N1CCCCC1. The van der Waals surface area contributed by atoms with Crippen molar-refractivity contribution in [3.63, 3.8) is 0 Å². The van der Waals surface area contributed by atoms with Gasteiger partial charge in [0.2, 0.25) is 15.9 Å². The van der Waals surface area contributed by atoms with Crippen molar-refractivity contribution in [2.24, 2.45) is 0 Å². The molecule has 2 aliphatic heterocycles. The van der Waals surface area contributed by atoms with E-state index in [4.69, 9.17) is 4.74 Å². The lowest BCUT2D eigenvalue weighted by Crippen LogP contribution is -2.44. The van der Waals surface area contributed by atoms with Crippen LogP contribution in [0.15, 0.2) is 23.1 Å². The fourth-order valence-corrected chi connectivity index (χ4v) is 5.07. The molecule has 2 fully saturated rings. The van der Waals surface area contributed by atoms with Gasteiger partial charge in [0, 0.05) is 31.2 Å². The van der Waals surface area contributed by atoms with Crippen LogP contribution in [-0.2, 0) is 14.8 Å². The summed E-state index contributed by atoms with van der Waals surface area (Å²) < 4.78 is 33.9. The molecular weight excluding hydrogens is 366 g/mol. The molecule has 0 aliphatic carbocycles. The van der Waals surface area contributed by atoms with Gasteiger partial charge in [0.1, 0.15) is 10.6 Å². The van der Waals surface area contributed by atoms with Crippen LogP contribution in [0.2, 0.25) is 0 Å². The number of piperidine rings is 1. The zero-order valence-corrected chi connectivity index (χ0v) is 16.9. The third kappa shape index (κ3) is 4.62. The first-order valence-electron chi connectivity index (χ1n) is 9.64. The van der Waals surface area contributed by atoms with Gasteiger partial charge in [-0.1, -0.05) is 6.42 Å². The first kappa shape index (κ1) is 20.1. The third-order valence-electron chi connectivity index (χ3n) is 5.40. The van der Waals surface area contributed by atoms with Crippen LogP contribution in [0.3, 0.4) is 0 Å². The first-order chi connectivity index (χ1) is 12.9. The Hall–Kier alpha value is -1.64. The molecule has 0 bridgehead atoms. The van der Waals surface area contributed by atoms with E-state index in [-0.39, 0.29) is 22.6 Å². The lowest BCUT2D eigenvalue weighted by molar-refractivity contribution is -0.117. The highest BCUT2D eigenvalue weighted by Gasteiger charge is 2.27. The number of ether oxygens (including phenoxy) is 1. The molecular formula is C19H29N3O4S. The molecule has 0 aromatic heterocycles. The van der Waals surface area contributed by atoms with Crippen molar-refractivity contribution < 1.29 is 17.9 Å². The van der Waals surface area contributed by atoms with Crippen LogP contribution in [0.5, 0.6) is 5.75 Å². The van der Waals surface area contributed by atoms with Gasteiger partial charge in [0.15, 0.2) is 0 Å². The summed E-state index contributed by atoms with van der Waals surface area (Å²) in [4.78, 5) is 16.0. The van der Waals surface area contributed by atoms with Crippen molar-refractivity contribution in [3.8, 4) is 5.75 Å². The maximum Gasteiger partial charge on any atom is 0.244 e. The number of methoxy groups -OCH3 is 1. The Morgan fingerprint density at radius 2 is 1.89 bits per heavy atom. The maximum absolute atomic E-state index is 12.9. The fourth-order valence-electron chi connectivity index (χ4n) is 3.76. The third-order valence-corrected chi connectivity index (χ3v) is 6.85. The van der Waals surface area contributed by atoms with Gasteiger partial charge in [0.25, 0.3) is 0 Å². The summed E-state index contributed by atoms with van der Waals surface area (Å²) in [6.45, 7) is 5.03. The van der Waals surface area contributed by atoms with Gasteiger partial charge in [-0.2, -0.15) is 0 Å². The van der Waals surface area contributed by atoms with Crippen LogP contribution in [0, 0.1) is 0 Å². The summed E-state index contributed by atoms with van der Waals surface area (Å²) in [6.07, 6.45) is 4.86. The molecule has 0 saturated carbocycles. The first-order valence-corrected chi connectivity index (χ1v) is 11.1. The molecule has 1 amide bonds. The second-order valence-electron chi connectivity index (χ2n) is 7.28. The summed E-state index contributed by atoms with van der Waals surface area (Å²) in [7, 11) is -2.30. The number of benzene rings is 1. The molecule has 0 radical (unpaired) electrons. The molecule has 3 rings (SSSR count). The van der Waals surface area contributed by atoms with Gasteiger partial charge in [-0.05, 0) is 57.5 Å². The Morgan fingerprint density at radius 1 is 1.15 bits per heavy atom. The number of nitrogens with one attached hydrogen (secondary N) is 1. The lowest BCUT2D eigenvalue weighted by Gasteiger charge is -2.32. The van der Waals surface area contributed by atoms with Crippen molar-refractivity contribution in [1.82, 2.24) is 9.62 Å². The number of rotatable bonds is 7. The smallest absolute Gasteiger partial charge is 0.244 e. The second kappa shape index (κ2) is 8.58. The van der Waals surface area contributed by atoms with E-state index in [9.17, 15) is 13.2 Å². The quantitative estimate of drug-likeness (QED) is 0.764. The van der Waals surface area contributed by atoms with E-state index in [1.165, 1.54) is 19.6 Å². The number of hydrogen-bond donors (Lipinski definition) is 1. The summed E-state index contributed by atoms with van der Waals surface area (Å²) >= 11 is 0. The minimum absolute atomic E-state index is 0.0233. The number of carbonyl (C=O) groups is 1.